The Bertz CT molecular complexity index is 955. The largest absolute Gasteiger partial charge is 0.465 e. The van der Waals surface area contributed by atoms with Crippen LogP contribution < -0.4 is 10.6 Å². The number of rotatable bonds is 8. The van der Waals surface area contributed by atoms with Crippen LogP contribution in [0.2, 0.25) is 0 Å². The van der Waals surface area contributed by atoms with Crippen LogP contribution in [0, 0.1) is 11.8 Å². The Morgan fingerprint density at radius 2 is 1.44 bits per heavy atom. The third-order valence-corrected chi connectivity index (χ3v) is 5.53. The predicted octanol–water partition coefficient (Wildman–Crippen LogP) is 3.53. The molecule has 3 rings (SSSR count). The van der Waals surface area contributed by atoms with Crippen molar-refractivity contribution in [2.24, 2.45) is 11.8 Å². The van der Waals surface area contributed by atoms with Crippen LogP contribution in [0.15, 0.2) is 48.5 Å². The molecule has 2 aromatic rings. The molecular weight excluding hydrogens is 412 g/mol. The number of carbonyl (C=O) groups is 4. The first-order chi connectivity index (χ1) is 15.5. The van der Waals surface area contributed by atoms with Gasteiger partial charge in [-0.25, -0.2) is 4.79 Å². The number of hydrogen-bond acceptors (Lipinski definition) is 6. The molecule has 168 valence electrons. The summed E-state index contributed by atoms with van der Waals surface area (Å²) in [5, 5.41) is 5.77. The summed E-state index contributed by atoms with van der Waals surface area (Å²) >= 11 is 0. The lowest BCUT2D eigenvalue weighted by atomic mass is 9.80. The van der Waals surface area contributed by atoms with Crippen molar-refractivity contribution in [3.8, 4) is 0 Å². The van der Waals surface area contributed by atoms with Crippen molar-refractivity contribution in [2.75, 3.05) is 17.7 Å². The first-order valence-corrected chi connectivity index (χ1v) is 10.4. The zero-order valence-electron chi connectivity index (χ0n) is 17.8. The van der Waals surface area contributed by atoms with E-state index in [9.17, 15) is 19.2 Å². The van der Waals surface area contributed by atoms with E-state index in [2.05, 4.69) is 15.4 Å². The summed E-state index contributed by atoms with van der Waals surface area (Å²) < 4.78 is 9.38. The van der Waals surface area contributed by atoms with Crippen molar-refractivity contribution in [1.29, 1.82) is 0 Å². The molecule has 0 spiro atoms. The quantitative estimate of drug-likeness (QED) is 0.482. The summed E-state index contributed by atoms with van der Waals surface area (Å²) in [6.07, 6.45) is 2.72. The van der Waals surface area contributed by atoms with E-state index >= 15 is 0 Å². The van der Waals surface area contributed by atoms with Crippen molar-refractivity contribution < 1.29 is 28.7 Å². The SMILES string of the molecule is COC(=O)c1ccc(NC(=O)[C@H]2CCC[C@@H](C(=O)Nc3ccc(COC=O)cc3)C2)cc1. The van der Waals surface area contributed by atoms with Gasteiger partial charge in [0.05, 0.1) is 12.7 Å². The summed E-state index contributed by atoms with van der Waals surface area (Å²) in [6, 6.07) is 13.6. The average Bonchev–Trinajstić information content (AvgIpc) is 2.83. The fourth-order valence-electron chi connectivity index (χ4n) is 3.78. The number of anilines is 2. The number of benzene rings is 2. The number of esters is 1. The molecule has 2 aromatic carbocycles. The lowest BCUT2D eigenvalue weighted by Crippen LogP contribution is -2.33. The van der Waals surface area contributed by atoms with E-state index in [1.807, 2.05) is 0 Å². The Hall–Kier alpha value is -3.68. The van der Waals surface area contributed by atoms with Gasteiger partial charge in [-0.05, 0) is 61.2 Å². The maximum absolute atomic E-state index is 12.7. The first-order valence-electron chi connectivity index (χ1n) is 10.4. The molecule has 2 atom stereocenters. The van der Waals surface area contributed by atoms with Crippen molar-refractivity contribution in [3.05, 3.63) is 59.7 Å². The van der Waals surface area contributed by atoms with Gasteiger partial charge in [0, 0.05) is 23.2 Å². The zero-order chi connectivity index (χ0) is 22.9. The summed E-state index contributed by atoms with van der Waals surface area (Å²) in [4.78, 5) is 47.2. The topological polar surface area (TPSA) is 111 Å². The van der Waals surface area contributed by atoms with Gasteiger partial charge in [0.25, 0.3) is 6.47 Å². The van der Waals surface area contributed by atoms with Gasteiger partial charge in [-0.1, -0.05) is 18.6 Å². The Morgan fingerprint density at radius 3 is 1.94 bits per heavy atom. The third kappa shape index (κ3) is 6.16. The number of amides is 2. The lowest BCUT2D eigenvalue weighted by Gasteiger charge is -2.27. The molecule has 2 amide bonds. The van der Waals surface area contributed by atoms with Gasteiger partial charge >= 0.3 is 5.97 Å². The van der Waals surface area contributed by atoms with Crippen LogP contribution in [-0.4, -0.2) is 31.4 Å². The van der Waals surface area contributed by atoms with Crippen LogP contribution in [0.1, 0.15) is 41.6 Å². The van der Waals surface area contributed by atoms with Crippen LogP contribution in [0.3, 0.4) is 0 Å². The molecule has 0 radical (unpaired) electrons. The third-order valence-electron chi connectivity index (χ3n) is 5.53. The highest BCUT2D eigenvalue weighted by atomic mass is 16.5. The second-order valence-electron chi connectivity index (χ2n) is 7.71. The van der Waals surface area contributed by atoms with Gasteiger partial charge < -0.3 is 20.1 Å². The Labute approximate surface area is 186 Å². The molecule has 1 fully saturated rings. The molecule has 1 aliphatic carbocycles. The molecule has 0 saturated heterocycles. The molecule has 8 heteroatoms. The van der Waals surface area contributed by atoms with E-state index in [0.717, 1.165) is 24.8 Å². The van der Waals surface area contributed by atoms with E-state index in [1.165, 1.54) is 7.11 Å². The molecule has 0 aromatic heterocycles. The molecular formula is C24H26N2O6. The van der Waals surface area contributed by atoms with Crippen molar-refractivity contribution >= 4 is 35.6 Å². The first kappa shape index (κ1) is 23.0. The molecule has 0 heterocycles. The van der Waals surface area contributed by atoms with Crippen molar-refractivity contribution in [1.82, 2.24) is 0 Å². The highest BCUT2D eigenvalue weighted by Gasteiger charge is 2.31. The average molecular weight is 438 g/mol. The van der Waals surface area contributed by atoms with Gasteiger partial charge in [0.2, 0.25) is 11.8 Å². The molecule has 0 unspecified atom stereocenters. The van der Waals surface area contributed by atoms with E-state index in [-0.39, 0.29) is 30.3 Å². The highest BCUT2D eigenvalue weighted by molar-refractivity contribution is 5.96. The maximum atomic E-state index is 12.7. The highest BCUT2D eigenvalue weighted by Crippen LogP contribution is 2.31. The number of nitrogens with one attached hydrogen (secondary N) is 2. The van der Waals surface area contributed by atoms with Gasteiger partial charge in [-0.3, -0.25) is 14.4 Å². The minimum atomic E-state index is -0.437. The monoisotopic (exact) mass is 438 g/mol. The van der Waals surface area contributed by atoms with Crippen LogP contribution in [0.5, 0.6) is 0 Å². The van der Waals surface area contributed by atoms with E-state index in [4.69, 9.17) is 4.74 Å². The van der Waals surface area contributed by atoms with E-state index in [1.54, 1.807) is 48.5 Å². The van der Waals surface area contributed by atoms with Crippen LogP contribution in [-0.2, 0) is 30.5 Å². The molecule has 1 saturated carbocycles. The van der Waals surface area contributed by atoms with Gasteiger partial charge in [0.15, 0.2) is 0 Å². The number of hydrogen-bond donors (Lipinski definition) is 2. The Balaban J connectivity index is 1.53. The van der Waals surface area contributed by atoms with Crippen molar-refractivity contribution in [3.63, 3.8) is 0 Å². The Morgan fingerprint density at radius 1 is 0.906 bits per heavy atom. The molecule has 32 heavy (non-hydrogen) atoms. The predicted molar refractivity (Wildman–Crippen MR) is 118 cm³/mol. The standard InChI is InChI=1S/C24H26N2O6/c1-31-24(30)17-7-11-21(12-8-17)26-23(29)19-4-2-3-18(13-19)22(28)25-20-9-5-16(6-10-20)14-32-15-27/h5-12,15,18-19H,2-4,13-14H2,1H3,(H,25,28)(H,26,29)/t18-,19+/m1/s1. The maximum Gasteiger partial charge on any atom is 0.337 e. The van der Waals surface area contributed by atoms with E-state index in [0.29, 0.717) is 29.8 Å². The normalized spacial score (nSPS) is 17.7. The Kier molecular flexibility index (Phi) is 7.96. The van der Waals surface area contributed by atoms with Gasteiger partial charge in [-0.15, -0.1) is 0 Å². The second-order valence-corrected chi connectivity index (χ2v) is 7.71. The van der Waals surface area contributed by atoms with Crippen LogP contribution in [0.4, 0.5) is 11.4 Å². The lowest BCUT2D eigenvalue weighted by molar-refractivity contribution is -0.130. The minimum Gasteiger partial charge on any atom is -0.465 e. The fraction of sp³-hybridized carbons (Fsp3) is 0.333. The molecule has 0 aliphatic heterocycles. The molecule has 8 nitrogen and oxygen atoms in total. The number of carbonyl (C=O) groups excluding carboxylic acids is 4. The smallest absolute Gasteiger partial charge is 0.337 e. The summed E-state index contributed by atoms with van der Waals surface area (Å²) in [6.45, 7) is 0.575. The van der Waals surface area contributed by atoms with E-state index < -0.39 is 5.97 Å². The minimum absolute atomic E-state index is 0.109. The van der Waals surface area contributed by atoms with Crippen LogP contribution >= 0.6 is 0 Å². The zero-order valence-corrected chi connectivity index (χ0v) is 17.8. The number of ether oxygens (including phenoxy) is 2. The molecule has 0 bridgehead atoms. The van der Waals surface area contributed by atoms with Crippen LogP contribution in [0.25, 0.3) is 0 Å². The molecule has 2 N–H and O–H groups in total. The van der Waals surface area contributed by atoms with Gasteiger partial charge in [0.1, 0.15) is 6.61 Å². The molecule has 1 aliphatic rings. The summed E-state index contributed by atoms with van der Waals surface area (Å²) in [5.41, 5.74) is 2.48. The number of methoxy groups -OCH3 is 1. The summed E-state index contributed by atoms with van der Waals surface area (Å²) in [7, 11) is 1.31. The van der Waals surface area contributed by atoms with Crippen molar-refractivity contribution in [2.45, 2.75) is 32.3 Å². The summed E-state index contributed by atoms with van der Waals surface area (Å²) in [5.74, 6) is -1.19. The van der Waals surface area contributed by atoms with Gasteiger partial charge in [-0.2, -0.15) is 0 Å². The fourth-order valence-corrected chi connectivity index (χ4v) is 3.78. The second kappa shape index (κ2) is 11.1.